The van der Waals surface area contributed by atoms with Crippen LogP contribution in [0.4, 0.5) is 10.2 Å². The molecular formula is C34H36FN7O3. The van der Waals surface area contributed by atoms with Gasteiger partial charge in [0.25, 0.3) is 5.91 Å². The second kappa shape index (κ2) is 12.3. The van der Waals surface area contributed by atoms with E-state index in [-0.39, 0.29) is 40.2 Å². The van der Waals surface area contributed by atoms with Crippen LogP contribution in [0.25, 0.3) is 22.3 Å². The Labute approximate surface area is 261 Å². The van der Waals surface area contributed by atoms with Crippen LogP contribution >= 0.6 is 0 Å². The zero-order valence-corrected chi connectivity index (χ0v) is 25.6. The summed E-state index contributed by atoms with van der Waals surface area (Å²) in [6, 6.07) is 15.6. The molecule has 0 aliphatic carbocycles. The first-order chi connectivity index (χ1) is 21.7. The maximum Gasteiger partial charge on any atom is 0.264 e. The summed E-state index contributed by atoms with van der Waals surface area (Å²) >= 11 is 0. The summed E-state index contributed by atoms with van der Waals surface area (Å²) in [5, 5.41) is 15.3. The third-order valence-corrected chi connectivity index (χ3v) is 9.13. The number of aromatic nitrogens is 4. The largest absolute Gasteiger partial charge is 0.457 e. The van der Waals surface area contributed by atoms with E-state index in [9.17, 15) is 10.1 Å². The number of nitrogen functional groups attached to an aromatic ring is 1. The summed E-state index contributed by atoms with van der Waals surface area (Å²) in [4.78, 5) is 24.0. The topological polar surface area (TPSA) is 132 Å². The highest BCUT2D eigenvalue weighted by atomic mass is 19.1. The lowest BCUT2D eigenvalue weighted by molar-refractivity contribution is -0.128. The first-order valence-corrected chi connectivity index (χ1v) is 15.2. The predicted molar refractivity (Wildman–Crippen MR) is 167 cm³/mol. The molecule has 45 heavy (non-hydrogen) atoms. The number of amides is 1. The van der Waals surface area contributed by atoms with Crippen LogP contribution in [-0.4, -0.2) is 56.9 Å². The Morgan fingerprint density at radius 2 is 1.98 bits per heavy atom. The fourth-order valence-electron chi connectivity index (χ4n) is 6.12. The van der Waals surface area contributed by atoms with Gasteiger partial charge >= 0.3 is 0 Å². The van der Waals surface area contributed by atoms with Gasteiger partial charge in [-0.15, -0.1) is 0 Å². The third-order valence-electron chi connectivity index (χ3n) is 9.13. The van der Waals surface area contributed by atoms with Crippen LogP contribution in [-0.2, 0) is 9.53 Å². The lowest BCUT2D eigenvalue weighted by atomic mass is 9.71. The number of nitriles is 1. The molecule has 2 N–H and O–H groups in total. The molecule has 2 atom stereocenters. The molecule has 0 spiro atoms. The quantitative estimate of drug-likeness (QED) is 0.192. The Balaban J connectivity index is 1.28. The number of carbonyl (C=O) groups excluding carboxylic acids is 1. The molecule has 1 amide bonds. The molecule has 2 fully saturated rings. The lowest BCUT2D eigenvalue weighted by Crippen LogP contribution is -2.42. The number of ether oxygens (including phenoxy) is 2. The van der Waals surface area contributed by atoms with Gasteiger partial charge in [0.1, 0.15) is 46.8 Å². The fourth-order valence-corrected chi connectivity index (χ4v) is 6.12. The number of nitrogens with zero attached hydrogens (tertiary/aromatic N) is 6. The molecule has 11 heteroatoms. The maximum atomic E-state index is 15.6. The Kier molecular flexibility index (Phi) is 8.25. The zero-order chi connectivity index (χ0) is 31.7. The minimum Gasteiger partial charge on any atom is -0.457 e. The Bertz CT molecular complexity index is 1790. The van der Waals surface area contributed by atoms with Crippen LogP contribution in [0.1, 0.15) is 39.7 Å². The molecule has 2 aliphatic rings. The fraction of sp³-hybridized carbons (Fsp3) is 0.382. The molecule has 0 bridgehead atoms. The van der Waals surface area contributed by atoms with Gasteiger partial charge < -0.3 is 20.1 Å². The van der Waals surface area contributed by atoms with Crippen molar-refractivity contribution in [3.8, 4) is 28.8 Å². The van der Waals surface area contributed by atoms with E-state index in [0.29, 0.717) is 73.3 Å². The van der Waals surface area contributed by atoms with E-state index in [2.05, 4.69) is 36.8 Å². The number of rotatable bonds is 8. The molecule has 2 saturated heterocycles. The van der Waals surface area contributed by atoms with E-state index in [1.165, 1.54) is 12.4 Å². The molecule has 6 rings (SSSR count). The van der Waals surface area contributed by atoms with E-state index in [1.807, 2.05) is 24.3 Å². The van der Waals surface area contributed by atoms with Gasteiger partial charge in [0.2, 0.25) is 0 Å². The first-order valence-electron chi connectivity index (χ1n) is 15.2. The standard InChI is InChI=1S/C34H36FN7O3/c1-21(23-18-44-19-23)34(2,3)15-22(16-36)33(43)41-13-7-8-24(17-41)42-32-29(31(37)38-20-39-32)30(40-42)27-12-11-26(14-28(27)35)45-25-9-5-4-6-10-25/h4-6,9-12,14-15,20-21,23-24H,7-8,13,17-19H2,1-3H3,(H2,37,38,39)/b22-15+/t21?,24-/m1/s1. The van der Waals surface area contributed by atoms with Crippen molar-refractivity contribution in [1.82, 2.24) is 24.6 Å². The van der Waals surface area contributed by atoms with Crippen molar-refractivity contribution >= 4 is 22.8 Å². The second-order valence-corrected chi connectivity index (χ2v) is 12.4. The van der Waals surface area contributed by atoms with Gasteiger partial charge in [-0.1, -0.05) is 45.0 Å². The molecular weight excluding hydrogens is 573 g/mol. The molecule has 0 radical (unpaired) electrons. The number of likely N-dealkylation sites (tertiary alicyclic amines) is 1. The van der Waals surface area contributed by atoms with Crippen molar-refractivity contribution in [3.05, 3.63) is 72.3 Å². The number of anilines is 1. The number of hydrogen-bond acceptors (Lipinski definition) is 8. The molecule has 4 aromatic rings. The average molecular weight is 610 g/mol. The molecule has 0 saturated carbocycles. The lowest BCUT2D eigenvalue weighted by Gasteiger charge is -2.40. The van der Waals surface area contributed by atoms with Crippen molar-refractivity contribution in [3.63, 3.8) is 0 Å². The van der Waals surface area contributed by atoms with Crippen molar-refractivity contribution in [2.24, 2.45) is 17.3 Å². The highest BCUT2D eigenvalue weighted by Crippen LogP contribution is 2.39. The van der Waals surface area contributed by atoms with Crippen molar-refractivity contribution in [1.29, 1.82) is 5.26 Å². The van der Waals surface area contributed by atoms with Crippen molar-refractivity contribution < 1.29 is 18.7 Å². The van der Waals surface area contributed by atoms with Crippen molar-refractivity contribution in [2.75, 3.05) is 32.0 Å². The molecule has 232 valence electrons. The van der Waals surface area contributed by atoms with Gasteiger partial charge in [-0.25, -0.2) is 19.0 Å². The Morgan fingerprint density at radius 3 is 2.67 bits per heavy atom. The Hall–Kier alpha value is -4.82. The summed E-state index contributed by atoms with van der Waals surface area (Å²) < 4.78 is 28.5. The first kappa shape index (κ1) is 30.2. The van der Waals surface area contributed by atoms with Gasteiger partial charge in [-0.3, -0.25) is 4.79 Å². The maximum absolute atomic E-state index is 15.6. The molecule has 1 unspecified atom stereocenters. The molecule has 10 nitrogen and oxygen atoms in total. The van der Waals surface area contributed by atoms with Gasteiger partial charge in [0, 0.05) is 30.6 Å². The molecule has 2 aromatic heterocycles. The highest BCUT2D eigenvalue weighted by molar-refractivity contribution is 5.99. The van der Waals surface area contributed by atoms with Crippen molar-refractivity contribution in [2.45, 2.75) is 39.7 Å². The van der Waals surface area contributed by atoms with Crippen LogP contribution in [0.15, 0.2) is 66.5 Å². The number of allylic oxidation sites excluding steroid dienone is 1. The van der Waals surface area contributed by atoms with Crippen LogP contribution in [0.3, 0.4) is 0 Å². The van der Waals surface area contributed by atoms with Crippen LogP contribution in [0, 0.1) is 34.4 Å². The molecule has 2 aliphatic heterocycles. The number of hydrogen-bond donors (Lipinski definition) is 1. The van der Waals surface area contributed by atoms with Crippen LogP contribution in [0.5, 0.6) is 11.5 Å². The normalized spacial score (nSPS) is 18.3. The monoisotopic (exact) mass is 609 g/mol. The van der Waals surface area contributed by atoms with Crippen LogP contribution in [0.2, 0.25) is 0 Å². The van der Waals surface area contributed by atoms with Crippen LogP contribution < -0.4 is 10.5 Å². The van der Waals surface area contributed by atoms with E-state index in [1.54, 1.807) is 33.8 Å². The molecule has 2 aromatic carbocycles. The summed E-state index contributed by atoms with van der Waals surface area (Å²) in [5.74, 6) is 0.920. The number of fused-ring (bicyclic) bond motifs is 1. The highest BCUT2D eigenvalue weighted by Gasteiger charge is 2.37. The summed E-state index contributed by atoms with van der Waals surface area (Å²) in [6.45, 7) is 8.48. The summed E-state index contributed by atoms with van der Waals surface area (Å²) in [5.41, 5.74) is 7.06. The summed E-state index contributed by atoms with van der Waals surface area (Å²) in [7, 11) is 0. The average Bonchev–Trinajstić information content (AvgIpc) is 3.40. The van der Waals surface area contributed by atoms with Gasteiger partial charge in [0.05, 0.1) is 24.6 Å². The zero-order valence-electron chi connectivity index (χ0n) is 25.6. The number of piperidine rings is 1. The van der Waals surface area contributed by atoms with Gasteiger partial charge in [-0.2, -0.15) is 10.4 Å². The number of carbonyl (C=O) groups is 1. The summed E-state index contributed by atoms with van der Waals surface area (Å²) in [6.07, 6.45) is 4.58. The van der Waals surface area contributed by atoms with E-state index in [4.69, 9.17) is 20.3 Å². The number of para-hydroxylation sites is 1. The predicted octanol–water partition coefficient (Wildman–Crippen LogP) is 5.93. The van der Waals surface area contributed by atoms with E-state index < -0.39 is 5.82 Å². The number of benzene rings is 2. The van der Waals surface area contributed by atoms with E-state index in [0.717, 1.165) is 0 Å². The number of nitrogens with two attached hydrogens (primary N) is 1. The smallest absolute Gasteiger partial charge is 0.264 e. The number of halogens is 1. The Morgan fingerprint density at radius 1 is 1.20 bits per heavy atom. The minimum atomic E-state index is -0.534. The van der Waals surface area contributed by atoms with Gasteiger partial charge in [-0.05, 0) is 48.4 Å². The third kappa shape index (κ3) is 5.98. The SMILES string of the molecule is CC(C1COC1)C(C)(C)/C=C(\C#N)C(=O)N1CCC[C@@H](n2nc(-c3ccc(Oc4ccccc4)cc3F)c3c(N)ncnc32)C1. The molecule has 4 heterocycles. The minimum absolute atomic E-state index is 0.130. The van der Waals surface area contributed by atoms with Gasteiger partial charge in [0.15, 0.2) is 5.65 Å². The second-order valence-electron chi connectivity index (χ2n) is 12.4. The van der Waals surface area contributed by atoms with E-state index >= 15 is 4.39 Å².